The van der Waals surface area contributed by atoms with Crippen LogP contribution in [0.1, 0.15) is 28.4 Å². The molecule has 98 valence electrons. The molecular weight excluding hydrogens is 328 g/mol. The van der Waals surface area contributed by atoms with Gasteiger partial charge in [0.15, 0.2) is 0 Å². The third-order valence-corrected chi connectivity index (χ3v) is 3.30. The quantitative estimate of drug-likeness (QED) is 0.842. The Balaban J connectivity index is 2.22. The summed E-state index contributed by atoms with van der Waals surface area (Å²) in [5.74, 6) is -0.253. The zero-order chi connectivity index (χ0) is 13.8. The molecular formula is C14H12BrClN2O. The molecule has 2 rings (SSSR count). The van der Waals surface area contributed by atoms with Gasteiger partial charge in [-0.2, -0.15) is 0 Å². The lowest BCUT2D eigenvalue weighted by Gasteiger charge is -2.12. The Morgan fingerprint density at radius 1 is 1.32 bits per heavy atom. The van der Waals surface area contributed by atoms with E-state index in [9.17, 15) is 4.79 Å². The van der Waals surface area contributed by atoms with Crippen LogP contribution in [0.5, 0.6) is 0 Å². The van der Waals surface area contributed by atoms with Crippen LogP contribution < -0.4 is 5.32 Å². The molecule has 1 atom stereocenters. The molecule has 0 aliphatic rings. The van der Waals surface area contributed by atoms with Crippen molar-refractivity contribution >= 4 is 39.1 Å². The van der Waals surface area contributed by atoms with Crippen molar-refractivity contribution in [1.29, 1.82) is 0 Å². The molecule has 3 nitrogen and oxygen atoms in total. The molecule has 0 spiro atoms. The topological polar surface area (TPSA) is 42.0 Å². The van der Waals surface area contributed by atoms with E-state index in [-0.39, 0.29) is 11.3 Å². The normalized spacial score (nSPS) is 11.9. The van der Waals surface area contributed by atoms with Gasteiger partial charge in [0.2, 0.25) is 0 Å². The third kappa shape index (κ3) is 3.55. The Morgan fingerprint density at radius 3 is 2.68 bits per heavy atom. The zero-order valence-electron chi connectivity index (χ0n) is 10.2. The summed E-state index contributed by atoms with van der Waals surface area (Å²) in [6.45, 7) is 1.87. The van der Waals surface area contributed by atoms with Gasteiger partial charge in [-0.15, -0.1) is 11.6 Å². The van der Waals surface area contributed by atoms with Crippen LogP contribution in [-0.2, 0) is 0 Å². The lowest BCUT2D eigenvalue weighted by atomic mass is 10.1. The predicted octanol–water partition coefficient (Wildman–Crippen LogP) is 4.40. The molecule has 1 heterocycles. The number of alkyl halides is 1. The number of nitrogens with zero attached hydrogens (tertiary/aromatic N) is 1. The van der Waals surface area contributed by atoms with Crippen LogP contribution in [-0.4, -0.2) is 10.9 Å². The van der Waals surface area contributed by atoms with Crippen LogP contribution in [0.3, 0.4) is 0 Å². The summed E-state index contributed by atoms with van der Waals surface area (Å²) in [6.07, 6.45) is 1.59. The molecule has 0 aliphatic carbocycles. The summed E-state index contributed by atoms with van der Waals surface area (Å²) in [5.41, 5.74) is 1.95. The number of halogens is 2. The minimum absolute atomic E-state index is 0.172. The number of nitrogens with one attached hydrogen (secondary N) is 1. The van der Waals surface area contributed by atoms with Gasteiger partial charge in [0.1, 0.15) is 5.69 Å². The molecule has 0 saturated carbocycles. The summed E-state index contributed by atoms with van der Waals surface area (Å²) in [7, 11) is 0. The van der Waals surface area contributed by atoms with Crippen molar-refractivity contribution in [2.24, 2.45) is 0 Å². The molecule has 1 N–H and O–H groups in total. The van der Waals surface area contributed by atoms with Crippen LogP contribution in [0.25, 0.3) is 0 Å². The lowest BCUT2D eigenvalue weighted by Crippen LogP contribution is -2.14. The minimum atomic E-state index is -0.253. The van der Waals surface area contributed by atoms with E-state index in [1.807, 2.05) is 31.2 Å². The highest BCUT2D eigenvalue weighted by Crippen LogP contribution is 2.27. The maximum absolute atomic E-state index is 12.1. The molecule has 2 aromatic rings. The summed E-state index contributed by atoms with van der Waals surface area (Å²) in [4.78, 5) is 16.1. The number of para-hydroxylation sites is 1. The first kappa shape index (κ1) is 14.0. The largest absolute Gasteiger partial charge is 0.320 e. The number of rotatable bonds is 3. The Kier molecular flexibility index (Phi) is 4.56. The SMILES string of the molecule is CC(Cl)c1ccccc1NC(=O)c1ccc(Br)cn1. The Labute approximate surface area is 125 Å². The maximum atomic E-state index is 12.1. The zero-order valence-corrected chi connectivity index (χ0v) is 12.6. The molecule has 1 amide bonds. The van der Waals surface area contributed by atoms with Crippen molar-refractivity contribution in [2.45, 2.75) is 12.3 Å². The van der Waals surface area contributed by atoms with Gasteiger partial charge in [0.25, 0.3) is 5.91 Å². The second-order valence-electron chi connectivity index (χ2n) is 4.02. The average Bonchev–Trinajstić information content (AvgIpc) is 2.39. The van der Waals surface area contributed by atoms with Gasteiger partial charge in [-0.25, -0.2) is 4.98 Å². The smallest absolute Gasteiger partial charge is 0.274 e. The molecule has 19 heavy (non-hydrogen) atoms. The van der Waals surface area contributed by atoms with E-state index >= 15 is 0 Å². The Hall–Kier alpha value is -1.39. The fourth-order valence-corrected chi connectivity index (χ4v) is 2.08. The van der Waals surface area contributed by atoms with E-state index in [1.165, 1.54) is 0 Å². The summed E-state index contributed by atoms with van der Waals surface area (Å²) in [5, 5.41) is 2.65. The van der Waals surface area contributed by atoms with E-state index in [2.05, 4.69) is 26.2 Å². The van der Waals surface area contributed by atoms with Crippen molar-refractivity contribution < 1.29 is 4.79 Å². The average molecular weight is 340 g/mol. The summed E-state index contributed by atoms with van der Waals surface area (Å²) < 4.78 is 0.832. The highest BCUT2D eigenvalue weighted by Gasteiger charge is 2.12. The number of amides is 1. The van der Waals surface area contributed by atoms with Crippen molar-refractivity contribution in [3.63, 3.8) is 0 Å². The lowest BCUT2D eigenvalue weighted by molar-refractivity contribution is 0.102. The van der Waals surface area contributed by atoms with Crippen molar-refractivity contribution in [1.82, 2.24) is 4.98 Å². The minimum Gasteiger partial charge on any atom is -0.320 e. The van der Waals surface area contributed by atoms with Crippen molar-refractivity contribution in [2.75, 3.05) is 5.32 Å². The van der Waals surface area contributed by atoms with Crippen LogP contribution in [0.15, 0.2) is 47.1 Å². The monoisotopic (exact) mass is 338 g/mol. The Morgan fingerprint density at radius 2 is 2.05 bits per heavy atom. The van der Waals surface area contributed by atoms with Gasteiger partial charge >= 0.3 is 0 Å². The van der Waals surface area contributed by atoms with E-state index < -0.39 is 0 Å². The highest BCUT2D eigenvalue weighted by atomic mass is 79.9. The molecule has 0 radical (unpaired) electrons. The number of anilines is 1. The highest BCUT2D eigenvalue weighted by molar-refractivity contribution is 9.10. The fraction of sp³-hybridized carbons (Fsp3) is 0.143. The molecule has 5 heteroatoms. The van der Waals surface area contributed by atoms with Crippen LogP contribution >= 0.6 is 27.5 Å². The maximum Gasteiger partial charge on any atom is 0.274 e. The predicted molar refractivity (Wildman–Crippen MR) is 80.6 cm³/mol. The van der Waals surface area contributed by atoms with E-state index in [0.717, 1.165) is 10.0 Å². The van der Waals surface area contributed by atoms with Crippen LogP contribution in [0, 0.1) is 0 Å². The molecule has 1 unspecified atom stereocenters. The van der Waals surface area contributed by atoms with Crippen molar-refractivity contribution in [3.8, 4) is 0 Å². The second-order valence-corrected chi connectivity index (χ2v) is 5.59. The third-order valence-electron chi connectivity index (χ3n) is 2.60. The van der Waals surface area contributed by atoms with E-state index in [1.54, 1.807) is 18.3 Å². The van der Waals surface area contributed by atoms with E-state index in [4.69, 9.17) is 11.6 Å². The molecule has 0 fully saturated rings. The number of pyridine rings is 1. The molecule has 0 bridgehead atoms. The number of carbonyl (C=O) groups excluding carboxylic acids is 1. The van der Waals surface area contributed by atoms with Gasteiger partial charge < -0.3 is 5.32 Å². The summed E-state index contributed by atoms with van der Waals surface area (Å²) in [6, 6.07) is 10.9. The standard InChI is InChI=1S/C14H12BrClN2O/c1-9(16)11-4-2-3-5-12(11)18-14(19)13-7-6-10(15)8-17-13/h2-9H,1H3,(H,18,19). The van der Waals surface area contributed by atoms with Crippen LogP contribution in [0.2, 0.25) is 0 Å². The number of aromatic nitrogens is 1. The molecule has 1 aromatic heterocycles. The first-order valence-corrected chi connectivity index (χ1v) is 6.97. The first-order valence-electron chi connectivity index (χ1n) is 5.74. The number of hydrogen-bond donors (Lipinski definition) is 1. The van der Waals surface area contributed by atoms with Gasteiger partial charge in [-0.1, -0.05) is 18.2 Å². The van der Waals surface area contributed by atoms with E-state index in [0.29, 0.717) is 11.4 Å². The number of benzene rings is 1. The van der Waals surface area contributed by atoms with Crippen molar-refractivity contribution in [3.05, 3.63) is 58.3 Å². The van der Waals surface area contributed by atoms with Crippen LogP contribution in [0.4, 0.5) is 5.69 Å². The molecule has 0 saturated heterocycles. The summed E-state index contributed by atoms with van der Waals surface area (Å²) >= 11 is 9.37. The van der Waals surface area contributed by atoms with Gasteiger partial charge in [0, 0.05) is 16.4 Å². The van der Waals surface area contributed by atoms with Gasteiger partial charge in [-0.3, -0.25) is 4.79 Å². The first-order chi connectivity index (χ1) is 9.08. The number of hydrogen-bond acceptors (Lipinski definition) is 2. The molecule has 0 aliphatic heterocycles. The second kappa shape index (κ2) is 6.17. The van der Waals surface area contributed by atoms with Gasteiger partial charge in [0.05, 0.1) is 5.38 Å². The molecule has 1 aromatic carbocycles. The Bertz CT molecular complexity index is 584. The van der Waals surface area contributed by atoms with Gasteiger partial charge in [-0.05, 0) is 46.6 Å². The number of carbonyl (C=O) groups is 1. The fourth-order valence-electron chi connectivity index (χ4n) is 1.65.